The maximum Gasteiger partial charge on any atom is 0.307 e. The standard InChI is InChI=1S/C25H34N2O3/c1-25(2,3)20-6-8-21(9-7-20)30-23-11-5-18-14-17(4-10-22(18)26-23)15-27-13-12-19(16-27)24(28)29/h4-5,10-11,14,19-21H,6-9,12-13,15-16H2,1-3H3,(H,28,29). The van der Waals surface area contributed by atoms with Crippen molar-refractivity contribution in [3.05, 3.63) is 35.9 Å². The summed E-state index contributed by atoms with van der Waals surface area (Å²) in [5.41, 5.74) is 2.53. The maximum absolute atomic E-state index is 11.2. The van der Waals surface area contributed by atoms with Crippen LogP contribution in [0.4, 0.5) is 0 Å². The second kappa shape index (κ2) is 8.54. The van der Waals surface area contributed by atoms with Crippen molar-refractivity contribution in [2.45, 2.75) is 65.5 Å². The first-order chi connectivity index (χ1) is 14.3. The van der Waals surface area contributed by atoms with Crippen LogP contribution in [-0.4, -0.2) is 40.2 Å². The zero-order valence-electron chi connectivity index (χ0n) is 18.4. The Hall–Kier alpha value is -2.14. The van der Waals surface area contributed by atoms with Crippen molar-refractivity contribution < 1.29 is 14.6 Å². The third kappa shape index (κ3) is 4.94. The van der Waals surface area contributed by atoms with Gasteiger partial charge in [0, 0.05) is 24.5 Å². The molecular formula is C25H34N2O3. The average molecular weight is 411 g/mol. The van der Waals surface area contributed by atoms with Gasteiger partial charge in [0.2, 0.25) is 5.88 Å². The minimum Gasteiger partial charge on any atom is -0.481 e. The fourth-order valence-corrected chi connectivity index (χ4v) is 4.97. The molecule has 1 saturated heterocycles. The Morgan fingerprint density at radius 1 is 1.13 bits per heavy atom. The van der Waals surface area contributed by atoms with Crippen LogP contribution in [-0.2, 0) is 11.3 Å². The number of ether oxygens (including phenoxy) is 1. The zero-order valence-corrected chi connectivity index (χ0v) is 18.4. The largest absolute Gasteiger partial charge is 0.481 e. The molecule has 1 saturated carbocycles. The van der Waals surface area contributed by atoms with Crippen LogP contribution in [0.5, 0.6) is 5.88 Å². The molecule has 162 valence electrons. The number of hydrogen-bond acceptors (Lipinski definition) is 4. The summed E-state index contributed by atoms with van der Waals surface area (Å²) in [4.78, 5) is 18.1. The molecule has 5 nitrogen and oxygen atoms in total. The van der Waals surface area contributed by atoms with Crippen LogP contribution in [0, 0.1) is 17.3 Å². The lowest BCUT2D eigenvalue weighted by molar-refractivity contribution is -0.141. The second-order valence-electron chi connectivity index (χ2n) is 10.2. The van der Waals surface area contributed by atoms with E-state index in [4.69, 9.17) is 9.72 Å². The van der Waals surface area contributed by atoms with E-state index in [1.54, 1.807) is 0 Å². The molecule has 1 aromatic heterocycles. The summed E-state index contributed by atoms with van der Waals surface area (Å²) in [6.07, 6.45) is 5.67. The number of aromatic nitrogens is 1. The molecule has 1 aliphatic heterocycles. The van der Waals surface area contributed by atoms with Gasteiger partial charge in [-0.15, -0.1) is 0 Å². The SMILES string of the molecule is CC(C)(C)C1CCC(Oc2ccc3cc(CN4CCC(C(=O)O)C4)ccc3n2)CC1. The normalized spacial score (nSPS) is 25.5. The molecular weight excluding hydrogens is 376 g/mol. The van der Waals surface area contributed by atoms with Gasteiger partial charge < -0.3 is 9.84 Å². The quantitative estimate of drug-likeness (QED) is 0.741. The third-order valence-electron chi connectivity index (χ3n) is 6.94. The van der Waals surface area contributed by atoms with Crippen molar-refractivity contribution in [2.75, 3.05) is 13.1 Å². The van der Waals surface area contributed by atoms with Crippen LogP contribution in [0.25, 0.3) is 10.9 Å². The van der Waals surface area contributed by atoms with Crippen molar-refractivity contribution >= 4 is 16.9 Å². The maximum atomic E-state index is 11.2. The molecule has 0 bridgehead atoms. The first kappa shape index (κ1) is 21.1. The van der Waals surface area contributed by atoms with E-state index in [9.17, 15) is 9.90 Å². The number of carbonyl (C=O) groups is 1. The van der Waals surface area contributed by atoms with Gasteiger partial charge in [0.25, 0.3) is 0 Å². The lowest BCUT2D eigenvalue weighted by atomic mass is 9.72. The summed E-state index contributed by atoms with van der Waals surface area (Å²) in [5.74, 6) is 0.588. The number of hydrogen-bond donors (Lipinski definition) is 1. The van der Waals surface area contributed by atoms with E-state index in [2.05, 4.69) is 49.9 Å². The van der Waals surface area contributed by atoms with E-state index >= 15 is 0 Å². The summed E-state index contributed by atoms with van der Waals surface area (Å²) in [5, 5.41) is 10.3. The number of nitrogens with zero attached hydrogens (tertiary/aromatic N) is 2. The molecule has 1 N–H and O–H groups in total. The second-order valence-corrected chi connectivity index (χ2v) is 10.2. The van der Waals surface area contributed by atoms with Crippen LogP contribution < -0.4 is 4.74 Å². The molecule has 2 fully saturated rings. The Morgan fingerprint density at radius 3 is 2.57 bits per heavy atom. The summed E-state index contributed by atoms with van der Waals surface area (Å²) < 4.78 is 6.22. The topological polar surface area (TPSA) is 62.7 Å². The third-order valence-corrected chi connectivity index (χ3v) is 6.94. The molecule has 1 aliphatic carbocycles. The molecule has 5 heteroatoms. The van der Waals surface area contributed by atoms with Crippen molar-refractivity contribution in [3.8, 4) is 5.88 Å². The van der Waals surface area contributed by atoms with Crippen molar-refractivity contribution in [2.24, 2.45) is 17.3 Å². The lowest BCUT2D eigenvalue weighted by Gasteiger charge is -2.36. The Balaban J connectivity index is 1.36. The van der Waals surface area contributed by atoms with E-state index in [1.165, 1.54) is 18.4 Å². The molecule has 0 spiro atoms. The number of pyridine rings is 1. The minimum absolute atomic E-state index is 0.231. The van der Waals surface area contributed by atoms with Crippen LogP contribution in [0.3, 0.4) is 0 Å². The molecule has 30 heavy (non-hydrogen) atoms. The highest BCUT2D eigenvalue weighted by atomic mass is 16.5. The highest BCUT2D eigenvalue weighted by Gasteiger charge is 2.30. The highest BCUT2D eigenvalue weighted by Crippen LogP contribution is 2.38. The number of carboxylic acid groups (broad SMARTS) is 1. The molecule has 2 aliphatic rings. The number of likely N-dealkylation sites (tertiary alicyclic amines) is 1. The zero-order chi connectivity index (χ0) is 21.3. The predicted molar refractivity (Wildman–Crippen MR) is 119 cm³/mol. The van der Waals surface area contributed by atoms with Crippen LogP contribution >= 0.6 is 0 Å². The first-order valence-corrected chi connectivity index (χ1v) is 11.3. The Labute approximate surface area is 179 Å². The average Bonchev–Trinajstić information content (AvgIpc) is 3.17. The van der Waals surface area contributed by atoms with Gasteiger partial charge in [-0.25, -0.2) is 4.98 Å². The molecule has 1 unspecified atom stereocenters. The van der Waals surface area contributed by atoms with Gasteiger partial charge in [0.1, 0.15) is 6.10 Å². The van der Waals surface area contributed by atoms with E-state index in [-0.39, 0.29) is 12.0 Å². The lowest BCUT2D eigenvalue weighted by Crippen LogP contribution is -2.30. The van der Waals surface area contributed by atoms with Gasteiger partial charge >= 0.3 is 5.97 Å². The van der Waals surface area contributed by atoms with E-state index < -0.39 is 5.97 Å². The molecule has 2 aromatic rings. The van der Waals surface area contributed by atoms with E-state index in [0.717, 1.165) is 55.1 Å². The van der Waals surface area contributed by atoms with Crippen LogP contribution in [0.2, 0.25) is 0 Å². The Kier molecular flexibility index (Phi) is 6.01. The van der Waals surface area contributed by atoms with Gasteiger partial charge in [-0.1, -0.05) is 26.8 Å². The van der Waals surface area contributed by atoms with Gasteiger partial charge in [-0.3, -0.25) is 9.69 Å². The molecule has 2 heterocycles. The number of aliphatic carboxylic acids is 1. The minimum atomic E-state index is -0.681. The van der Waals surface area contributed by atoms with E-state index in [0.29, 0.717) is 12.0 Å². The van der Waals surface area contributed by atoms with Crippen LogP contribution in [0.1, 0.15) is 58.4 Å². The molecule has 0 radical (unpaired) electrons. The monoisotopic (exact) mass is 410 g/mol. The van der Waals surface area contributed by atoms with E-state index in [1.807, 2.05) is 6.07 Å². The Morgan fingerprint density at radius 2 is 1.90 bits per heavy atom. The summed E-state index contributed by atoms with van der Waals surface area (Å²) in [7, 11) is 0. The first-order valence-electron chi connectivity index (χ1n) is 11.3. The predicted octanol–water partition coefficient (Wildman–Crippen LogP) is 5.13. The molecule has 1 aromatic carbocycles. The number of benzene rings is 1. The molecule has 1 atom stereocenters. The van der Waals surface area contributed by atoms with Crippen molar-refractivity contribution in [1.82, 2.24) is 9.88 Å². The number of fused-ring (bicyclic) bond motifs is 1. The molecule has 0 amide bonds. The van der Waals surface area contributed by atoms with Gasteiger partial charge in [-0.05, 0) is 73.7 Å². The van der Waals surface area contributed by atoms with Crippen molar-refractivity contribution in [3.63, 3.8) is 0 Å². The summed E-state index contributed by atoms with van der Waals surface area (Å²) in [6, 6.07) is 10.4. The van der Waals surface area contributed by atoms with Gasteiger partial charge in [-0.2, -0.15) is 0 Å². The van der Waals surface area contributed by atoms with Crippen molar-refractivity contribution in [1.29, 1.82) is 0 Å². The number of carboxylic acids is 1. The van der Waals surface area contributed by atoms with Crippen LogP contribution in [0.15, 0.2) is 30.3 Å². The fourth-order valence-electron chi connectivity index (χ4n) is 4.97. The smallest absolute Gasteiger partial charge is 0.307 e. The fraction of sp³-hybridized carbons (Fsp3) is 0.600. The molecule has 4 rings (SSSR count). The summed E-state index contributed by atoms with van der Waals surface area (Å²) >= 11 is 0. The summed E-state index contributed by atoms with van der Waals surface area (Å²) in [6.45, 7) is 9.28. The Bertz CT molecular complexity index is 897. The van der Waals surface area contributed by atoms with Gasteiger partial charge in [0.05, 0.1) is 11.4 Å². The highest BCUT2D eigenvalue weighted by molar-refractivity contribution is 5.79. The van der Waals surface area contributed by atoms with Gasteiger partial charge in [0.15, 0.2) is 0 Å². The number of rotatable bonds is 5.